The van der Waals surface area contributed by atoms with Gasteiger partial charge < -0.3 is 9.64 Å². The van der Waals surface area contributed by atoms with Gasteiger partial charge in [-0.2, -0.15) is 0 Å². The van der Waals surface area contributed by atoms with Crippen molar-refractivity contribution in [3.8, 4) is 0 Å². The predicted molar refractivity (Wildman–Crippen MR) is 91.2 cm³/mol. The number of benzene rings is 1. The highest BCUT2D eigenvalue weighted by atomic mass is 16.5. The van der Waals surface area contributed by atoms with Gasteiger partial charge in [0.05, 0.1) is 6.61 Å². The second-order valence-electron chi connectivity index (χ2n) is 6.36. The van der Waals surface area contributed by atoms with Crippen LogP contribution in [0.4, 0.5) is 5.69 Å². The zero-order chi connectivity index (χ0) is 15.8. The van der Waals surface area contributed by atoms with Gasteiger partial charge in [-0.1, -0.05) is 31.4 Å². The van der Waals surface area contributed by atoms with Gasteiger partial charge in [0, 0.05) is 25.7 Å². The Balaban J connectivity index is 1.81. The molecule has 122 valence electrons. The number of carbonyl (C=O) groups is 1. The van der Waals surface area contributed by atoms with Crippen molar-refractivity contribution in [2.45, 2.75) is 51.9 Å². The van der Waals surface area contributed by atoms with Crippen molar-refractivity contribution in [3.05, 3.63) is 29.8 Å². The van der Waals surface area contributed by atoms with Gasteiger partial charge in [0.1, 0.15) is 0 Å². The molecule has 0 heterocycles. The van der Waals surface area contributed by atoms with E-state index in [1.165, 1.54) is 43.4 Å². The first-order valence-electron chi connectivity index (χ1n) is 8.64. The number of carbonyl (C=O) groups excluding carboxylic acids is 1. The molecule has 1 aliphatic carbocycles. The maximum atomic E-state index is 11.4. The van der Waals surface area contributed by atoms with Gasteiger partial charge in [0.25, 0.3) is 0 Å². The molecule has 2 rings (SSSR count). The molecule has 0 amide bonds. The molecule has 1 aromatic rings. The average molecular weight is 303 g/mol. The lowest BCUT2D eigenvalue weighted by Crippen LogP contribution is -2.26. The smallest absolute Gasteiger partial charge is 0.306 e. The lowest BCUT2D eigenvalue weighted by Gasteiger charge is -2.28. The fraction of sp³-hybridized carbons (Fsp3) is 0.632. The van der Waals surface area contributed by atoms with Gasteiger partial charge >= 0.3 is 5.97 Å². The summed E-state index contributed by atoms with van der Waals surface area (Å²) >= 11 is 0. The summed E-state index contributed by atoms with van der Waals surface area (Å²) in [6.45, 7) is 3.46. The largest absolute Gasteiger partial charge is 0.466 e. The number of hydrogen-bond acceptors (Lipinski definition) is 3. The summed E-state index contributed by atoms with van der Waals surface area (Å²) in [6, 6.07) is 8.60. The molecule has 1 fully saturated rings. The maximum Gasteiger partial charge on any atom is 0.306 e. The predicted octanol–water partition coefficient (Wildman–Crippen LogP) is 4.20. The second-order valence-corrected chi connectivity index (χ2v) is 6.36. The minimum Gasteiger partial charge on any atom is -0.466 e. The monoisotopic (exact) mass is 303 g/mol. The first-order chi connectivity index (χ1) is 10.7. The van der Waals surface area contributed by atoms with Crippen LogP contribution in [0.2, 0.25) is 0 Å². The maximum absolute atomic E-state index is 11.4. The highest BCUT2D eigenvalue weighted by molar-refractivity contribution is 5.69. The number of hydrogen-bond donors (Lipinski definition) is 0. The van der Waals surface area contributed by atoms with Gasteiger partial charge in [0.2, 0.25) is 0 Å². The van der Waals surface area contributed by atoms with E-state index in [-0.39, 0.29) is 5.97 Å². The Labute approximate surface area is 134 Å². The quantitative estimate of drug-likeness (QED) is 0.707. The van der Waals surface area contributed by atoms with Crippen LogP contribution in [0.3, 0.4) is 0 Å². The zero-order valence-corrected chi connectivity index (χ0v) is 14.0. The van der Waals surface area contributed by atoms with Crippen molar-refractivity contribution in [1.82, 2.24) is 0 Å². The fourth-order valence-corrected chi connectivity index (χ4v) is 3.26. The van der Waals surface area contributed by atoms with E-state index >= 15 is 0 Å². The van der Waals surface area contributed by atoms with Crippen molar-refractivity contribution in [2.24, 2.45) is 5.92 Å². The molecule has 0 spiro atoms. The van der Waals surface area contributed by atoms with E-state index in [2.05, 4.69) is 36.2 Å². The molecule has 0 aromatic heterocycles. The Hall–Kier alpha value is -1.51. The molecule has 0 unspecified atom stereocenters. The topological polar surface area (TPSA) is 29.5 Å². The van der Waals surface area contributed by atoms with Gasteiger partial charge in [-0.15, -0.1) is 0 Å². The molecular formula is C19H29NO2. The Morgan fingerprint density at radius 2 is 1.86 bits per heavy atom. The van der Waals surface area contributed by atoms with Crippen LogP contribution in [0.15, 0.2) is 24.3 Å². The second kappa shape index (κ2) is 8.82. The molecule has 0 atom stereocenters. The number of ether oxygens (including phenoxy) is 1. The first kappa shape index (κ1) is 16.9. The van der Waals surface area contributed by atoms with Gasteiger partial charge in [-0.3, -0.25) is 4.79 Å². The SMILES string of the molecule is CCOC(=O)CCc1ccc(N(C)CC2CCCCC2)cc1. The normalized spacial score (nSPS) is 15.5. The van der Waals surface area contributed by atoms with Crippen molar-refractivity contribution >= 4 is 11.7 Å². The molecule has 0 N–H and O–H groups in total. The van der Waals surface area contributed by atoms with Crippen LogP contribution < -0.4 is 4.90 Å². The third-order valence-corrected chi connectivity index (χ3v) is 4.56. The van der Waals surface area contributed by atoms with Crippen molar-refractivity contribution in [3.63, 3.8) is 0 Å². The number of nitrogens with zero attached hydrogens (tertiary/aromatic N) is 1. The molecular weight excluding hydrogens is 274 g/mol. The number of aryl methyl sites for hydroxylation is 1. The summed E-state index contributed by atoms with van der Waals surface area (Å²) in [5, 5.41) is 0. The van der Waals surface area contributed by atoms with Gasteiger partial charge in [-0.05, 0) is 49.8 Å². The molecule has 0 bridgehead atoms. The third-order valence-electron chi connectivity index (χ3n) is 4.56. The molecule has 22 heavy (non-hydrogen) atoms. The van der Waals surface area contributed by atoms with Crippen LogP contribution in [0.1, 0.15) is 51.0 Å². The summed E-state index contributed by atoms with van der Waals surface area (Å²) in [7, 11) is 2.18. The zero-order valence-electron chi connectivity index (χ0n) is 14.0. The van der Waals surface area contributed by atoms with E-state index < -0.39 is 0 Å². The third kappa shape index (κ3) is 5.36. The summed E-state index contributed by atoms with van der Waals surface area (Å²) in [6.07, 6.45) is 8.17. The van der Waals surface area contributed by atoms with E-state index in [9.17, 15) is 4.79 Å². The van der Waals surface area contributed by atoms with Crippen LogP contribution in [-0.4, -0.2) is 26.2 Å². The number of anilines is 1. The summed E-state index contributed by atoms with van der Waals surface area (Å²) in [4.78, 5) is 13.7. The van der Waals surface area contributed by atoms with Gasteiger partial charge in [-0.25, -0.2) is 0 Å². The van der Waals surface area contributed by atoms with Crippen LogP contribution in [0.25, 0.3) is 0 Å². The average Bonchev–Trinajstić information content (AvgIpc) is 2.54. The van der Waals surface area contributed by atoms with E-state index in [1.807, 2.05) is 6.92 Å². The summed E-state index contributed by atoms with van der Waals surface area (Å²) < 4.78 is 4.96. The van der Waals surface area contributed by atoms with Crippen LogP contribution in [0.5, 0.6) is 0 Å². The fourth-order valence-electron chi connectivity index (χ4n) is 3.26. The van der Waals surface area contributed by atoms with Crippen molar-refractivity contribution in [2.75, 3.05) is 25.1 Å². The minimum absolute atomic E-state index is 0.110. The highest BCUT2D eigenvalue weighted by Gasteiger charge is 2.15. The molecule has 1 saturated carbocycles. The van der Waals surface area contributed by atoms with E-state index in [1.54, 1.807) is 0 Å². The van der Waals surface area contributed by atoms with Gasteiger partial charge in [0.15, 0.2) is 0 Å². The van der Waals surface area contributed by atoms with E-state index in [4.69, 9.17) is 4.74 Å². The molecule has 3 nitrogen and oxygen atoms in total. The Morgan fingerprint density at radius 3 is 2.50 bits per heavy atom. The highest BCUT2D eigenvalue weighted by Crippen LogP contribution is 2.26. The summed E-state index contributed by atoms with van der Waals surface area (Å²) in [5.74, 6) is 0.739. The standard InChI is InChI=1S/C19H29NO2/c1-3-22-19(21)14-11-16-9-12-18(13-10-16)20(2)15-17-7-5-4-6-8-17/h9-10,12-13,17H,3-8,11,14-15H2,1-2H3. The molecule has 1 aromatic carbocycles. The van der Waals surface area contributed by atoms with E-state index in [0.29, 0.717) is 13.0 Å². The lowest BCUT2D eigenvalue weighted by molar-refractivity contribution is -0.143. The molecule has 3 heteroatoms. The minimum atomic E-state index is -0.110. The number of rotatable bonds is 7. The molecule has 0 radical (unpaired) electrons. The van der Waals surface area contributed by atoms with Crippen LogP contribution in [0, 0.1) is 5.92 Å². The van der Waals surface area contributed by atoms with Crippen LogP contribution >= 0.6 is 0 Å². The van der Waals surface area contributed by atoms with Crippen molar-refractivity contribution < 1.29 is 9.53 Å². The Bertz CT molecular complexity index is 449. The molecule has 1 aliphatic rings. The summed E-state index contributed by atoms with van der Waals surface area (Å²) in [5.41, 5.74) is 2.47. The molecule has 0 aliphatic heterocycles. The number of esters is 1. The van der Waals surface area contributed by atoms with E-state index in [0.717, 1.165) is 18.9 Å². The first-order valence-corrected chi connectivity index (χ1v) is 8.64. The lowest BCUT2D eigenvalue weighted by atomic mass is 9.89. The Kier molecular flexibility index (Phi) is 6.75. The van der Waals surface area contributed by atoms with Crippen molar-refractivity contribution in [1.29, 1.82) is 0 Å². The molecule has 0 saturated heterocycles. The van der Waals surface area contributed by atoms with Crippen LogP contribution in [-0.2, 0) is 16.0 Å². The Morgan fingerprint density at radius 1 is 1.18 bits per heavy atom.